The van der Waals surface area contributed by atoms with E-state index in [-0.39, 0.29) is 24.9 Å². The molecule has 0 bridgehead atoms. The first-order valence-corrected chi connectivity index (χ1v) is 12.2. The van der Waals surface area contributed by atoms with E-state index >= 15 is 0 Å². The number of carbonyl (C=O) groups excluding carboxylic acids is 1. The Kier molecular flexibility index (Phi) is 23.8. The first-order valence-electron chi connectivity index (χ1n) is 12.2. The molecule has 176 valence electrons. The Labute approximate surface area is 188 Å². The van der Waals surface area contributed by atoms with Crippen molar-refractivity contribution in [2.75, 3.05) is 33.9 Å². The van der Waals surface area contributed by atoms with Crippen LogP contribution in [0.15, 0.2) is 0 Å². The summed E-state index contributed by atoms with van der Waals surface area (Å²) < 4.78 is 0.727. The molecule has 0 fully saturated rings. The van der Waals surface area contributed by atoms with Crippen LogP contribution in [0.2, 0.25) is 0 Å². The smallest absolute Gasteiger partial charge is 0.224 e. The van der Waals surface area contributed by atoms with Gasteiger partial charge in [0.05, 0.1) is 20.6 Å². The number of carbonyl (C=O) groups is 1. The Balaban J connectivity index is 0. The van der Waals surface area contributed by atoms with Crippen molar-refractivity contribution in [2.45, 2.75) is 116 Å². The molecule has 0 atom stereocenters. The van der Waals surface area contributed by atoms with Crippen LogP contribution in [0.3, 0.4) is 0 Å². The number of hydrogen-bond acceptors (Lipinski definition) is 2. The van der Waals surface area contributed by atoms with Crippen molar-refractivity contribution in [1.29, 1.82) is 0 Å². The molecule has 2 N–H and O–H groups in total. The van der Waals surface area contributed by atoms with Crippen LogP contribution in [-0.4, -0.2) is 49.4 Å². The maximum absolute atomic E-state index is 11.9. The Morgan fingerprint density at radius 1 is 0.724 bits per heavy atom. The number of aliphatic hydroxyl groups is 1. The molecule has 5 heteroatoms. The fourth-order valence-corrected chi connectivity index (χ4v) is 3.63. The Bertz CT molecular complexity index is 352. The lowest BCUT2D eigenvalue weighted by atomic mass is 10.0. The second kappa shape index (κ2) is 22.4. The van der Waals surface area contributed by atoms with E-state index in [0.29, 0.717) is 13.1 Å². The molecule has 0 aliphatic heterocycles. The van der Waals surface area contributed by atoms with Gasteiger partial charge in [-0.3, -0.25) is 4.79 Å². The van der Waals surface area contributed by atoms with Crippen molar-refractivity contribution < 1.29 is 26.8 Å². The van der Waals surface area contributed by atoms with E-state index in [9.17, 15) is 4.79 Å². The van der Waals surface area contributed by atoms with Gasteiger partial charge in [0.2, 0.25) is 5.91 Å². The highest BCUT2D eigenvalue weighted by Gasteiger charge is 2.15. The summed E-state index contributed by atoms with van der Waals surface area (Å²) in [4.78, 5) is 11.9. The molecule has 0 saturated heterocycles. The Morgan fingerprint density at radius 3 is 1.55 bits per heavy atom. The van der Waals surface area contributed by atoms with Crippen LogP contribution in [0.5, 0.6) is 0 Å². The highest BCUT2D eigenvalue weighted by molar-refractivity contribution is 5.75. The summed E-state index contributed by atoms with van der Waals surface area (Å²) in [7, 11) is 4.17. The maximum Gasteiger partial charge on any atom is 0.224 e. The molecule has 4 nitrogen and oxygen atoms in total. The monoisotopic (exact) mass is 434 g/mol. The van der Waals surface area contributed by atoms with Gasteiger partial charge in [0, 0.05) is 19.4 Å². The van der Waals surface area contributed by atoms with Crippen LogP contribution in [0.1, 0.15) is 116 Å². The van der Waals surface area contributed by atoms with Gasteiger partial charge < -0.3 is 27.3 Å². The van der Waals surface area contributed by atoms with E-state index in [2.05, 4.69) is 26.3 Å². The van der Waals surface area contributed by atoms with Gasteiger partial charge in [0.15, 0.2) is 6.67 Å². The number of nitrogens with one attached hydrogen (secondary N) is 1. The van der Waals surface area contributed by atoms with Crippen molar-refractivity contribution in [3.8, 4) is 0 Å². The van der Waals surface area contributed by atoms with Gasteiger partial charge in [-0.1, -0.05) is 96.8 Å². The molecule has 0 aromatic rings. The second-order valence-corrected chi connectivity index (χ2v) is 9.19. The third-order valence-electron chi connectivity index (χ3n) is 5.63. The minimum atomic E-state index is 0. The molecule has 0 saturated carbocycles. The van der Waals surface area contributed by atoms with Crippen molar-refractivity contribution in [3.05, 3.63) is 0 Å². The number of unbranched alkanes of at least 4 members (excludes halogenated alkanes) is 14. The fourth-order valence-electron chi connectivity index (χ4n) is 3.63. The number of rotatable bonds is 21. The summed E-state index contributed by atoms with van der Waals surface area (Å²) in [5.74, 6) is 0.171. The van der Waals surface area contributed by atoms with Crippen LogP contribution in [0.25, 0.3) is 0 Å². The second-order valence-electron chi connectivity index (χ2n) is 9.19. The Hall–Kier alpha value is -0.320. The van der Waals surface area contributed by atoms with Crippen LogP contribution >= 0.6 is 0 Å². The van der Waals surface area contributed by atoms with Gasteiger partial charge in [-0.05, 0) is 6.42 Å². The van der Waals surface area contributed by atoms with Gasteiger partial charge >= 0.3 is 0 Å². The minimum Gasteiger partial charge on any atom is -1.00 e. The number of quaternary nitrogens is 1. The molecule has 0 rings (SSSR count). The van der Waals surface area contributed by atoms with E-state index in [1.807, 2.05) is 0 Å². The summed E-state index contributed by atoms with van der Waals surface area (Å²) in [6, 6.07) is 0. The lowest BCUT2D eigenvalue weighted by Crippen LogP contribution is -3.00. The molecule has 0 unspecified atom stereocenters. The van der Waals surface area contributed by atoms with E-state index in [0.717, 1.165) is 23.9 Å². The van der Waals surface area contributed by atoms with Gasteiger partial charge in [0.1, 0.15) is 0 Å². The standard InChI is InChI=1S/C24H50N2O2.ClH/c1-4-5-6-7-8-9-10-11-12-13-14-15-16-17-18-20-24(28)25-23-26(2,3)21-19-22-27;/h27H,4-23H2,1-3H3;1H. The van der Waals surface area contributed by atoms with E-state index in [1.165, 1.54) is 89.9 Å². The highest BCUT2D eigenvalue weighted by atomic mass is 35.5. The van der Waals surface area contributed by atoms with E-state index in [1.54, 1.807) is 0 Å². The maximum atomic E-state index is 11.9. The number of hydrogen-bond donors (Lipinski definition) is 2. The average Bonchev–Trinajstić information content (AvgIpc) is 2.68. The zero-order valence-electron chi connectivity index (χ0n) is 19.8. The summed E-state index contributed by atoms with van der Waals surface area (Å²) in [5, 5.41) is 11.9. The molecule has 0 aliphatic rings. The normalized spacial score (nSPS) is 11.3. The first kappa shape index (κ1) is 30.9. The predicted molar refractivity (Wildman–Crippen MR) is 121 cm³/mol. The summed E-state index contributed by atoms with van der Waals surface area (Å²) >= 11 is 0. The summed E-state index contributed by atoms with van der Waals surface area (Å²) in [6.45, 7) is 4.03. The molecule has 0 aromatic carbocycles. The molecule has 0 radical (unpaired) electrons. The van der Waals surface area contributed by atoms with Gasteiger partial charge in [-0.2, -0.15) is 0 Å². The van der Waals surface area contributed by atoms with Crippen molar-refractivity contribution in [2.24, 2.45) is 0 Å². The minimum absolute atomic E-state index is 0. The largest absolute Gasteiger partial charge is 1.00 e. The van der Waals surface area contributed by atoms with Crippen LogP contribution in [0, 0.1) is 0 Å². The predicted octanol–water partition coefficient (Wildman–Crippen LogP) is 2.78. The summed E-state index contributed by atoms with van der Waals surface area (Å²) in [6.07, 6.45) is 21.7. The molecule has 29 heavy (non-hydrogen) atoms. The number of aliphatic hydroxyl groups excluding tert-OH is 1. The Morgan fingerprint density at radius 2 is 1.14 bits per heavy atom. The van der Waals surface area contributed by atoms with Crippen LogP contribution in [-0.2, 0) is 4.79 Å². The molecule has 0 spiro atoms. The van der Waals surface area contributed by atoms with Crippen molar-refractivity contribution in [1.82, 2.24) is 5.32 Å². The average molecular weight is 435 g/mol. The molecule has 1 amide bonds. The zero-order valence-corrected chi connectivity index (χ0v) is 20.6. The molecular formula is C24H51ClN2O2. The first-order chi connectivity index (χ1) is 13.5. The van der Waals surface area contributed by atoms with E-state index < -0.39 is 0 Å². The van der Waals surface area contributed by atoms with Crippen LogP contribution < -0.4 is 17.7 Å². The van der Waals surface area contributed by atoms with Gasteiger partial charge in [-0.25, -0.2) is 0 Å². The SMILES string of the molecule is CCCCCCCCCCCCCCCCCC(=O)NC[N+](C)(C)CCCO.[Cl-]. The quantitative estimate of drug-likeness (QED) is 0.166. The number of halogens is 1. The lowest BCUT2D eigenvalue weighted by Gasteiger charge is -2.29. The van der Waals surface area contributed by atoms with Gasteiger partial charge in [-0.15, -0.1) is 0 Å². The lowest BCUT2D eigenvalue weighted by molar-refractivity contribution is -0.892. The molecular weight excluding hydrogens is 384 g/mol. The van der Waals surface area contributed by atoms with E-state index in [4.69, 9.17) is 5.11 Å². The number of amides is 1. The molecule has 0 aromatic heterocycles. The zero-order chi connectivity index (χ0) is 20.9. The fraction of sp³-hybridized carbons (Fsp3) is 0.958. The number of nitrogens with zero attached hydrogens (tertiary/aromatic N) is 1. The van der Waals surface area contributed by atoms with Crippen molar-refractivity contribution >= 4 is 5.91 Å². The van der Waals surface area contributed by atoms with Gasteiger partial charge in [0.25, 0.3) is 0 Å². The molecule has 0 aliphatic carbocycles. The third kappa shape index (κ3) is 23.8. The van der Waals surface area contributed by atoms with Crippen LogP contribution in [0.4, 0.5) is 0 Å². The summed E-state index contributed by atoms with van der Waals surface area (Å²) in [5.41, 5.74) is 0. The third-order valence-corrected chi connectivity index (χ3v) is 5.63. The highest BCUT2D eigenvalue weighted by Crippen LogP contribution is 2.13. The van der Waals surface area contributed by atoms with Crippen molar-refractivity contribution in [3.63, 3.8) is 0 Å². The topological polar surface area (TPSA) is 49.3 Å². The molecule has 0 heterocycles.